The largest absolute Gasteiger partial charge is 0.335 e. The summed E-state index contributed by atoms with van der Waals surface area (Å²) in [7, 11) is 0. The van der Waals surface area contributed by atoms with Crippen molar-refractivity contribution in [2.45, 2.75) is 27.2 Å². The quantitative estimate of drug-likeness (QED) is 0.591. The van der Waals surface area contributed by atoms with E-state index in [0.717, 1.165) is 3.57 Å². The summed E-state index contributed by atoms with van der Waals surface area (Å²) in [5, 5.41) is 0. The molecule has 1 heterocycles. The van der Waals surface area contributed by atoms with Gasteiger partial charge in [0.25, 0.3) is 0 Å². The highest BCUT2D eigenvalue weighted by Gasteiger charge is 2.37. The van der Waals surface area contributed by atoms with Crippen LogP contribution in [0.5, 0.6) is 0 Å². The van der Waals surface area contributed by atoms with Crippen LogP contribution in [0.2, 0.25) is 0 Å². The second-order valence-electron chi connectivity index (χ2n) is 6.47. The van der Waals surface area contributed by atoms with Crippen molar-refractivity contribution in [2.75, 3.05) is 13.1 Å². The Labute approximate surface area is 133 Å². The fourth-order valence-electron chi connectivity index (χ4n) is 2.41. The molecular formula is C16H20INO2. The number of carbonyl (C=O) groups is 2. The smallest absolute Gasteiger partial charge is 0.223 e. The maximum absolute atomic E-state index is 12.2. The Kier molecular flexibility index (Phi) is 4.52. The summed E-state index contributed by atoms with van der Waals surface area (Å²) in [4.78, 5) is 25.9. The average molecular weight is 385 g/mol. The normalized spacial score (nSPS) is 19.5. The van der Waals surface area contributed by atoms with Gasteiger partial charge in [-0.25, -0.2) is 0 Å². The second-order valence-corrected chi connectivity index (χ2v) is 7.72. The second kappa shape index (κ2) is 5.84. The maximum atomic E-state index is 12.2. The molecule has 0 N–H and O–H groups in total. The van der Waals surface area contributed by atoms with Crippen molar-refractivity contribution in [1.29, 1.82) is 0 Å². The lowest BCUT2D eigenvalue weighted by molar-refractivity contribution is -0.127. The monoisotopic (exact) mass is 385 g/mol. The van der Waals surface area contributed by atoms with Crippen LogP contribution in [0, 0.1) is 14.9 Å². The topological polar surface area (TPSA) is 37.4 Å². The number of carbonyl (C=O) groups excluding carboxylic acids is 2. The molecule has 4 heteroatoms. The van der Waals surface area contributed by atoms with E-state index >= 15 is 0 Å². The van der Waals surface area contributed by atoms with Crippen molar-refractivity contribution in [1.82, 2.24) is 4.90 Å². The van der Waals surface area contributed by atoms with Crippen LogP contribution in [0.1, 0.15) is 37.6 Å². The summed E-state index contributed by atoms with van der Waals surface area (Å²) < 4.78 is 1.10. The summed E-state index contributed by atoms with van der Waals surface area (Å²) in [6.07, 6.45) is 0.559. The Bertz CT molecular complexity index is 516. The average Bonchev–Trinajstić information content (AvgIpc) is 2.71. The van der Waals surface area contributed by atoms with Gasteiger partial charge in [0.15, 0.2) is 5.78 Å². The number of likely N-dealkylation sites (tertiary alicyclic amines) is 1. The van der Waals surface area contributed by atoms with Crippen molar-refractivity contribution >= 4 is 34.3 Å². The third-order valence-corrected chi connectivity index (χ3v) is 4.66. The number of benzene rings is 1. The highest BCUT2D eigenvalue weighted by molar-refractivity contribution is 14.1. The molecule has 1 atom stereocenters. The molecule has 0 bridgehead atoms. The van der Waals surface area contributed by atoms with Gasteiger partial charge in [-0.3, -0.25) is 9.59 Å². The van der Waals surface area contributed by atoms with E-state index < -0.39 is 0 Å². The van der Waals surface area contributed by atoms with E-state index in [1.165, 1.54) is 0 Å². The standard InChI is InChI=1S/C16H20INO2/c1-16(2,3)12-8-15(20)18(9-12)10-14(19)11-4-6-13(17)7-5-11/h4-7,12H,8-10H2,1-3H3. The van der Waals surface area contributed by atoms with Crippen molar-refractivity contribution < 1.29 is 9.59 Å². The van der Waals surface area contributed by atoms with Crippen molar-refractivity contribution in [3.63, 3.8) is 0 Å². The summed E-state index contributed by atoms with van der Waals surface area (Å²) in [6, 6.07) is 7.48. The third-order valence-electron chi connectivity index (χ3n) is 3.94. The fraction of sp³-hybridized carbons (Fsp3) is 0.500. The molecule has 1 aromatic carbocycles. The molecule has 1 aromatic rings. The van der Waals surface area contributed by atoms with Gasteiger partial charge < -0.3 is 4.90 Å². The van der Waals surface area contributed by atoms with Gasteiger partial charge in [-0.1, -0.05) is 32.9 Å². The van der Waals surface area contributed by atoms with E-state index in [-0.39, 0.29) is 23.7 Å². The predicted octanol–water partition coefficient (Wildman–Crippen LogP) is 3.37. The van der Waals surface area contributed by atoms with Gasteiger partial charge in [0, 0.05) is 22.1 Å². The molecule has 3 nitrogen and oxygen atoms in total. The Morgan fingerprint density at radius 2 is 1.90 bits per heavy atom. The fourth-order valence-corrected chi connectivity index (χ4v) is 2.77. The van der Waals surface area contributed by atoms with Gasteiger partial charge in [-0.05, 0) is 46.1 Å². The molecule has 1 saturated heterocycles. The molecule has 0 radical (unpaired) electrons. The summed E-state index contributed by atoms with van der Waals surface area (Å²) in [5.41, 5.74) is 0.786. The molecule has 0 aromatic heterocycles. The van der Waals surface area contributed by atoms with Crippen LogP contribution in [0.4, 0.5) is 0 Å². The van der Waals surface area contributed by atoms with Gasteiger partial charge in [0.05, 0.1) is 6.54 Å². The van der Waals surface area contributed by atoms with Crippen LogP contribution >= 0.6 is 22.6 Å². The van der Waals surface area contributed by atoms with Gasteiger partial charge in [0.2, 0.25) is 5.91 Å². The first-order chi connectivity index (χ1) is 9.27. The number of Topliss-reactive ketones (excluding diaryl/α,β-unsaturated/α-hetero) is 1. The molecule has 1 aliphatic rings. The minimum atomic E-state index is 0.0179. The Morgan fingerprint density at radius 3 is 2.40 bits per heavy atom. The lowest BCUT2D eigenvalue weighted by Gasteiger charge is -2.26. The summed E-state index contributed by atoms with van der Waals surface area (Å²) in [5.74, 6) is 0.451. The summed E-state index contributed by atoms with van der Waals surface area (Å²) in [6.45, 7) is 7.34. The summed E-state index contributed by atoms with van der Waals surface area (Å²) >= 11 is 2.21. The zero-order chi connectivity index (χ0) is 14.9. The first kappa shape index (κ1) is 15.5. The molecule has 0 aliphatic carbocycles. The first-order valence-electron chi connectivity index (χ1n) is 6.84. The molecule has 0 saturated carbocycles. The Morgan fingerprint density at radius 1 is 1.30 bits per heavy atom. The lowest BCUT2D eigenvalue weighted by atomic mass is 9.80. The number of rotatable bonds is 3. The minimum absolute atomic E-state index is 0.0179. The van der Waals surface area contributed by atoms with E-state index in [4.69, 9.17) is 0 Å². The zero-order valence-electron chi connectivity index (χ0n) is 12.1. The molecule has 1 aliphatic heterocycles. The lowest BCUT2D eigenvalue weighted by Crippen LogP contribution is -2.32. The SMILES string of the molecule is CC(C)(C)C1CC(=O)N(CC(=O)c2ccc(I)cc2)C1. The highest BCUT2D eigenvalue weighted by Crippen LogP contribution is 2.34. The van der Waals surface area contributed by atoms with Crippen LogP contribution in [0.15, 0.2) is 24.3 Å². The van der Waals surface area contributed by atoms with Crippen molar-refractivity contribution in [3.05, 3.63) is 33.4 Å². The molecular weight excluding hydrogens is 365 g/mol. The van der Waals surface area contributed by atoms with Gasteiger partial charge in [0.1, 0.15) is 0 Å². The van der Waals surface area contributed by atoms with E-state index in [1.54, 1.807) is 4.90 Å². The molecule has 2 rings (SSSR count). The van der Waals surface area contributed by atoms with Gasteiger partial charge in [-0.15, -0.1) is 0 Å². The minimum Gasteiger partial charge on any atom is -0.335 e. The predicted molar refractivity (Wildman–Crippen MR) is 87.6 cm³/mol. The van der Waals surface area contributed by atoms with Crippen LogP contribution in [-0.2, 0) is 4.79 Å². The molecule has 20 heavy (non-hydrogen) atoms. The molecule has 1 unspecified atom stereocenters. The highest BCUT2D eigenvalue weighted by atomic mass is 127. The van der Waals surface area contributed by atoms with E-state index in [1.807, 2.05) is 24.3 Å². The number of halogens is 1. The Balaban J connectivity index is 2.02. The molecule has 108 valence electrons. The van der Waals surface area contributed by atoms with Crippen LogP contribution in [0.3, 0.4) is 0 Å². The number of hydrogen-bond donors (Lipinski definition) is 0. The van der Waals surface area contributed by atoms with Crippen molar-refractivity contribution in [3.8, 4) is 0 Å². The Hall–Kier alpha value is -0.910. The molecule has 1 fully saturated rings. The molecule has 1 amide bonds. The number of ketones is 1. The number of amides is 1. The van der Waals surface area contributed by atoms with Crippen molar-refractivity contribution in [2.24, 2.45) is 11.3 Å². The van der Waals surface area contributed by atoms with Gasteiger partial charge >= 0.3 is 0 Å². The van der Waals surface area contributed by atoms with E-state index in [0.29, 0.717) is 24.4 Å². The number of hydrogen-bond acceptors (Lipinski definition) is 2. The first-order valence-corrected chi connectivity index (χ1v) is 7.92. The van der Waals surface area contributed by atoms with E-state index in [2.05, 4.69) is 43.4 Å². The van der Waals surface area contributed by atoms with Crippen LogP contribution in [0.25, 0.3) is 0 Å². The van der Waals surface area contributed by atoms with Crippen LogP contribution < -0.4 is 0 Å². The zero-order valence-corrected chi connectivity index (χ0v) is 14.3. The number of nitrogens with zero attached hydrogens (tertiary/aromatic N) is 1. The molecule has 0 spiro atoms. The van der Waals surface area contributed by atoms with E-state index in [9.17, 15) is 9.59 Å². The maximum Gasteiger partial charge on any atom is 0.223 e. The van der Waals surface area contributed by atoms with Gasteiger partial charge in [-0.2, -0.15) is 0 Å². The van der Waals surface area contributed by atoms with Crippen LogP contribution in [-0.4, -0.2) is 29.7 Å². The third kappa shape index (κ3) is 3.59.